The summed E-state index contributed by atoms with van der Waals surface area (Å²) in [5.41, 5.74) is -0.00179. The van der Waals surface area contributed by atoms with Crippen molar-refractivity contribution in [2.45, 2.75) is 43.9 Å². The molecule has 0 aliphatic carbocycles. The lowest BCUT2D eigenvalue weighted by Crippen LogP contribution is -2.40. The molecule has 1 aromatic carbocycles. The van der Waals surface area contributed by atoms with Gasteiger partial charge in [-0.2, -0.15) is 13.2 Å². The number of halogens is 3. The Kier molecular flexibility index (Phi) is 5.87. The van der Waals surface area contributed by atoms with Crippen molar-refractivity contribution in [1.82, 2.24) is 10.2 Å². The standard InChI is InChI=1S/C19H25F3N2O2/c1-26-15-6-10-24(11-7-15)18(25)14-2-3-17(19(20,21)22)16(12-14)13-4-8-23-9-5-13/h2-3,12-13,15,23H,4-11H2,1H3. The molecule has 1 N–H and O–H groups in total. The second-order valence-corrected chi connectivity index (χ2v) is 7.05. The number of alkyl halides is 3. The van der Waals surface area contributed by atoms with E-state index in [1.165, 1.54) is 12.1 Å². The molecule has 0 bridgehead atoms. The molecule has 2 aliphatic rings. The minimum atomic E-state index is -4.40. The van der Waals surface area contributed by atoms with Crippen molar-refractivity contribution in [3.05, 3.63) is 34.9 Å². The van der Waals surface area contributed by atoms with E-state index in [4.69, 9.17) is 4.74 Å². The number of nitrogens with one attached hydrogen (secondary N) is 1. The van der Waals surface area contributed by atoms with Gasteiger partial charge in [-0.25, -0.2) is 0 Å². The minimum Gasteiger partial charge on any atom is -0.381 e. The van der Waals surface area contributed by atoms with E-state index in [1.807, 2.05) is 0 Å². The van der Waals surface area contributed by atoms with Crippen molar-refractivity contribution in [1.29, 1.82) is 0 Å². The van der Waals surface area contributed by atoms with Gasteiger partial charge >= 0.3 is 6.18 Å². The summed E-state index contributed by atoms with van der Waals surface area (Å²) in [5.74, 6) is -0.358. The van der Waals surface area contributed by atoms with E-state index in [0.717, 1.165) is 18.9 Å². The van der Waals surface area contributed by atoms with Crippen LogP contribution in [0.4, 0.5) is 13.2 Å². The number of benzene rings is 1. The Morgan fingerprint density at radius 3 is 2.38 bits per heavy atom. The molecule has 0 radical (unpaired) electrons. The number of hydrogen-bond acceptors (Lipinski definition) is 3. The molecule has 144 valence electrons. The van der Waals surface area contributed by atoms with Crippen LogP contribution < -0.4 is 5.32 Å². The van der Waals surface area contributed by atoms with E-state index in [0.29, 0.717) is 44.6 Å². The van der Waals surface area contributed by atoms with Crippen LogP contribution in [-0.4, -0.2) is 50.2 Å². The Labute approximate surface area is 151 Å². The van der Waals surface area contributed by atoms with Gasteiger partial charge in [-0.05, 0) is 68.5 Å². The third kappa shape index (κ3) is 4.20. The van der Waals surface area contributed by atoms with Gasteiger partial charge in [0, 0.05) is 25.8 Å². The number of hydrogen-bond donors (Lipinski definition) is 1. The SMILES string of the molecule is COC1CCN(C(=O)c2ccc(C(F)(F)F)c(C3CCNCC3)c2)CC1. The minimum absolute atomic E-state index is 0.150. The highest BCUT2D eigenvalue weighted by Gasteiger charge is 2.36. The highest BCUT2D eigenvalue weighted by molar-refractivity contribution is 5.94. The summed E-state index contributed by atoms with van der Waals surface area (Å²) in [4.78, 5) is 14.5. The topological polar surface area (TPSA) is 41.6 Å². The van der Waals surface area contributed by atoms with Crippen LogP contribution in [0.15, 0.2) is 18.2 Å². The molecule has 7 heteroatoms. The molecule has 3 rings (SSSR count). The van der Waals surface area contributed by atoms with Gasteiger partial charge in [0.05, 0.1) is 11.7 Å². The first-order valence-electron chi connectivity index (χ1n) is 9.14. The third-order valence-corrected chi connectivity index (χ3v) is 5.45. The maximum absolute atomic E-state index is 13.4. The van der Waals surface area contributed by atoms with Crippen LogP contribution in [0.1, 0.15) is 53.1 Å². The first-order valence-corrected chi connectivity index (χ1v) is 9.14. The fourth-order valence-electron chi connectivity index (χ4n) is 3.90. The van der Waals surface area contributed by atoms with Crippen molar-refractivity contribution in [2.24, 2.45) is 0 Å². The summed E-state index contributed by atoms with van der Waals surface area (Å²) in [5, 5.41) is 3.17. The molecule has 0 spiro atoms. The van der Waals surface area contributed by atoms with Gasteiger partial charge < -0.3 is 15.0 Å². The lowest BCUT2D eigenvalue weighted by atomic mass is 9.85. The Hall–Kier alpha value is -1.60. The molecule has 2 saturated heterocycles. The Balaban J connectivity index is 1.85. The van der Waals surface area contributed by atoms with Crippen LogP contribution in [0.25, 0.3) is 0 Å². The second-order valence-electron chi connectivity index (χ2n) is 7.05. The van der Waals surface area contributed by atoms with Crippen molar-refractivity contribution in [3.8, 4) is 0 Å². The number of methoxy groups -OCH3 is 1. The molecule has 2 heterocycles. The monoisotopic (exact) mass is 370 g/mol. The summed E-state index contributed by atoms with van der Waals surface area (Å²) < 4.78 is 45.7. The number of likely N-dealkylation sites (tertiary alicyclic amines) is 1. The van der Waals surface area contributed by atoms with Crippen LogP contribution in [0.5, 0.6) is 0 Å². The van der Waals surface area contributed by atoms with Gasteiger partial charge in [0.15, 0.2) is 0 Å². The normalized spacial score (nSPS) is 20.4. The van der Waals surface area contributed by atoms with Crippen molar-refractivity contribution in [2.75, 3.05) is 33.3 Å². The van der Waals surface area contributed by atoms with Crippen LogP contribution >= 0.6 is 0 Å². The van der Waals surface area contributed by atoms with E-state index in [2.05, 4.69) is 5.32 Å². The molecule has 2 fully saturated rings. The summed E-state index contributed by atoms with van der Waals surface area (Å²) in [6.45, 7) is 2.54. The zero-order chi connectivity index (χ0) is 18.7. The largest absolute Gasteiger partial charge is 0.416 e. The molecule has 26 heavy (non-hydrogen) atoms. The molecule has 1 aromatic rings. The maximum Gasteiger partial charge on any atom is 0.416 e. The smallest absolute Gasteiger partial charge is 0.381 e. The number of carbonyl (C=O) groups is 1. The van der Waals surface area contributed by atoms with Gasteiger partial charge in [0.2, 0.25) is 0 Å². The predicted octanol–water partition coefficient (Wildman–Crippen LogP) is 3.42. The van der Waals surface area contributed by atoms with Gasteiger partial charge in [0.25, 0.3) is 5.91 Å². The number of carbonyl (C=O) groups excluding carboxylic acids is 1. The molecule has 0 aromatic heterocycles. The second kappa shape index (κ2) is 7.96. The molecular weight excluding hydrogens is 345 g/mol. The number of amides is 1. The predicted molar refractivity (Wildman–Crippen MR) is 92.2 cm³/mol. The lowest BCUT2D eigenvalue weighted by molar-refractivity contribution is -0.138. The fourth-order valence-corrected chi connectivity index (χ4v) is 3.90. The van der Waals surface area contributed by atoms with E-state index in [1.54, 1.807) is 12.0 Å². The van der Waals surface area contributed by atoms with Gasteiger partial charge in [-0.1, -0.05) is 0 Å². The molecular formula is C19H25F3N2O2. The van der Waals surface area contributed by atoms with E-state index < -0.39 is 11.7 Å². The highest BCUT2D eigenvalue weighted by atomic mass is 19.4. The average molecular weight is 370 g/mol. The molecule has 0 saturated carbocycles. The van der Waals surface area contributed by atoms with Gasteiger partial charge in [0.1, 0.15) is 0 Å². The zero-order valence-electron chi connectivity index (χ0n) is 14.9. The van der Waals surface area contributed by atoms with Gasteiger partial charge in [-0.15, -0.1) is 0 Å². The first kappa shape index (κ1) is 19.2. The number of nitrogens with zero attached hydrogens (tertiary/aromatic N) is 1. The summed E-state index contributed by atoms with van der Waals surface area (Å²) in [7, 11) is 1.66. The van der Waals surface area contributed by atoms with E-state index in [-0.39, 0.29) is 23.5 Å². The van der Waals surface area contributed by atoms with Crippen LogP contribution in [0, 0.1) is 0 Å². The summed E-state index contributed by atoms with van der Waals surface area (Å²) in [6, 6.07) is 3.87. The number of ether oxygens (including phenoxy) is 1. The number of rotatable bonds is 3. The maximum atomic E-state index is 13.4. The van der Waals surface area contributed by atoms with Crippen LogP contribution in [0.2, 0.25) is 0 Å². The lowest BCUT2D eigenvalue weighted by Gasteiger charge is -2.32. The average Bonchev–Trinajstić information content (AvgIpc) is 2.67. The Bertz CT molecular complexity index is 634. The summed E-state index contributed by atoms with van der Waals surface area (Å²) in [6.07, 6.45) is -1.44. The van der Waals surface area contributed by atoms with Crippen molar-refractivity contribution >= 4 is 5.91 Å². The van der Waals surface area contributed by atoms with E-state index >= 15 is 0 Å². The molecule has 0 unspecified atom stereocenters. The number of piperidine rings is 2. The molecule has 0 atom stereocenters. The quantitative estimate of drug-likeness (QED) is 0.886. The van der Waals surface area contributed by atoms with Crippen LogP contribution in [-0.2, 0) is 10.9 Å². The first-order chi connectivity index (χ1) is 12.4. The van der Waals surface area contributed by atoms with E-state index in [9.17, 15) is 18.0 Å². The molecule has 2 aliphatic heterocycles. The van der Waals surface area contributed by atoms with Gasteiger partial charge in [-0.3, -0.25) is 4.79 Å². The van der Waals surface area contributed by atoms with Crippen molar-refractivity contribution in [3.63, 3.8) is 0 Å². The van der Waals surface area contributed by atoms with Crippen molar-refractivity contribution < 1.29 is 22.7 Å². The molecule has 1 amide bonds. The zero-order valence-corrected chi connectivity index (χ0v) is 14.9. The Morgan fingerprint density at radius 1 is 1.15 bits per heavy atom. The third-order valence-electron chi connectivity index (χ3n) is 5.45. The van der Waals surface area contributed by atoms with Crippen LogP contribution in [0.3, 0.4) is 0 Å². The summed E-state index contributed by atoms with van der Waals surface area (Å²) >= 11 is 0. The highest BCUT2D eigenvalue weighted by Crippen LogP contribution is 2.38. The Morgan fingerprint density at radius 2 is 1.81 bits per heavy atom. The molecule has 4 nitrogen and oxygen atoms in total. The fraction of sp³-hybridized carbons (Fsp3) is 0.632.